The van der Waals surface area contributed by atoms with Gasteiger partial charge in [0.1, 0.15) is 4.88 Å². The van der Waals surface area contributed by atoms with Crippen LogP contribution in [0, 0.1) is 5.92 Å². The first-order chi connectivity index (χ1) is 9.52. The van der Waals surface area contributed by atoms with Crippen LogP contribution in [-0.2, 0) is 4.74 Å². The Morgan fingerprint density at radius 1 is 1.40 bits per heavy atom. The van der Waals surface area contributed by atoms with Crippen molar-refractivity contribution in [2.24, 2.45) is 5.92 Å². The van der Waals surface area contributed by atoms with Gasteiger partial charge in [0.2, 0.25) is 0 Å². The maximum Gasteiger partial charge on any atom is 0.407 e. The molecule has 1 aromatic rings. The molecule has 0 aromatic carbocycles. The number of likely N-dealkylation sites (tertiary alicyclic amines) is 1. The van der Waals surface area contributed by atoms with Crippen molar-refractivity contribution in [1.82, 2.24) is 4.90 Å². The van der Waals surface area contributed by atoms with E-state index in [4.69, 9.17) is 5.11 Å². The van der Waals surface area contributed by atoms with Crippen LogP contribution in [0.25, 0.3) is 0 Å². The summed E-state index contributed by atoms with van der Waals surface area (Å²) in [5.74, 6) is -0.385. The molecule has 1 fully saturated rings. The molecule has 6 nitrogen and oxygen atoms in total. The number of ether oxygens (including phenoxy) is 1. The fourth-order valence-electron chi connectivity index (χ4n) is 2.36. The van der Waals surface area contributed by atoms with Crippen molar-refractivity contribution in [2.75, 3.05) is 20.2 Å². The molecule has 0 saturated carbocycles. The average molecular weight is 299 g/mol. The molecule has 0 spiro atoms. The molecule has 2 N–H and O–H groups in total. The quantitative estimate of drug-likeness (QED) is 0.833. The molecule has 7 heteroatoms. The van der Waals surface area contributed by atoms with Gasteiger partial charge >= 0.3 is 12.1 Å². The van der Waals surface area contributed by atoms with Crippen LogP contribution < -0.4 is 0 Å². The average Bonchev–Trinajstić information content (AvgIpc) is 2.95. The van der Waals surface area contributed by atoms with Gasteiger partial charge in [-0.25, -0.2) is 9.59 Å². The molecule has 1 aromatic heterocycles. The topological polar surface area (TPSA) is 87.1 Å². The molecule has 1 aliphatic rings. The number of thiophene rings is 1. The highest BCUT2D eigenvalue weighted by molar-refractivity contribution is 7.14. The van der Waals surface area contributed by atoms with Crippen molar-refractivity contribution in [3.8, 4) is 0 Å². The molecule has 1 amide bonds. The number of carbonyl (C=O) groups excluding carboxylic acids is 1. The van der Waals surface area contributed by atoms with Crippen molar-refractivity contribution < 1.29 is 24.5 Å². The Kier molecular flexibility index (Phi) is 4.61. The number of esters is 1. The number of aliphatic hydroxyl groups is 1. The van der Waals surface area contributed by atoms with Gasteiger partial charge in [0.15, 0.2) is 0 Å². The molecule has 1 aliphatic heterocycles. The number of aliphatic hydroxyl groups excluding tert-OH is 1. The molecule has 0 bridgehead atoms. The maximum absolute atomic E-state index is 11.4. The normalized spacial score (nSPS) is 17.8. The van der Waals surface area contributed by atoms with Gasteiger partial charge in [0.25, 0.3) is 0 Å². The Labute approximate surface area is 120 Å². The van der Waals surface area contributed by atoms with E-state index in [-0.39, 0.29) is 5.92 Å². The predicted molar refractivity (Wildman–Crippen MR) is 72.9 cm³/mol. The first kappa shape index (κ1) is 14.8. The summed E-state index contributed by atoms with van der Waals surface area (Å²) >= 11 is 1.22. The Morgan fingerprint density at radius 3 is 2.60 bits per heavy atom. The number of hydrogen-bond acceptors (Lipinski definition) is 5. The number of hydrogen-bond donors (Lipinski definition) is 2. The largest absolute Gasteiger partial charge is 0.465 e. The molecule has 110 valence electrons. The maximum atomic E-state index is 11.4. The highest BCUT2D eigenvalue weighted by Gasteiger charge is 2.29. The lowest BCUT2D eigenvalue weighted by atomic mass is 9.90. The van der Waals surface area contributed by atoms with Gasteiger partial charge in [-0.05, 0) is 30.9 Å². The SMILES string of the molecule is COC(=O)c1ccc(C(O)C2CCN(C(=O)O)CC2)s1. The number of carboxylic acid groups (broad SMARTS) is 1. The zero-order chi connectivity index (χ0) is 14.7. The van der Waals surface area contributed by atoms with Crippen LogP contribution in [0.15, 0.2) is 12.1 Å². The van der Waals surface area contributed by atoms with Crippen LogP contribution in [-0.4, -0.2) is 47.4 Å². The Bertz CT molecular complexity index is 493. The summed E-state index contributed by atoms with van der Waals surface area (Å²) in [5.41, 5.74) is 0. The van der Waals surface area contributed by atoms with E-state index >= 15 is 0 Å². The molecular weight excluding hydrogens is 282 g/mol. The molecule has 1 unspecified atom stereocenters. The van der Waals surface area contributed by atoms with Gasteiger partial charge < -0.3 is 19.8 Å². The van der Waals surface area contributed by atoms with Gasteiger partial charge in [0, 0.05) is 18.0 Å². The van der Waals surface area contributed by atoms with Gasteiger partial charge in [-0.2, -0.15) is 0 Å². The van der Waals surface area contributed by atoms with Crippen molar-refractivity contribution >= 4 is 23.4 Å². The van der Waals surface area contributed by atoms with E-state index in [2.05, 4.69) is 4.74 Å². The van der Waals surface area contributed by atoms with Crippen LogP contribution in [0.4, 0.5) is 4.79 Å². The monoisotopic (exact) mass is 299 g/mol. The second kappa shape index (κ2) is 6.23. The predicted octanol–water partition coefficient (Wildman–Crippen LogP) is 1.96. The minimum atomic E-state index is -0.915. The summed E-state index contributed by atoms with van der Waals surface area (Å²) in [6, 6.07) is 3.37. The summed E-state index contributed by atoms with van der Waals surface area (Å²) in [5, 5.41) is 19.2. The summed E-state index contributed by atoms with van der Waals surface area (Å²) in [6.45, 7) is 0.874. The second-order valence-corrected chi connectivity index (χ2v) is 5.86. The van der Waals surface area contributed by atoms with Crippen molar-refractivity contribution in [1.29, 1.82) is 0 Å². The van der Waals surface area contributed by atoms with Crippen molar-refractivity contribution in [3.05, 3.63) is 21.9 Å². The first-order valence-electron chi connectivity index (χ1n) is 6.37. The van der Waals surface area contributed by atoms with Gasteiger partial charge in [0.05, 0.1) is 13.2 Å². The number of amides is 1. The summed E-state index contributed by atoms with van der Waals surface area (Å²) in [7, 11) is 1.32. The molecule has 1 saturated heterocycles. The Hall–Kier alpha value is -1.60. The zero-order valence-electron chi connectivity index (χ0n) is 11.1. The standard InChI is InChI=1S/C13H17NO5S/c1-19-12(16)10-3-2-9(20-10)11(15)8-4-6-14(7-5-8)13(17)18/h2-3,8,11,15H,4-7H2,1H3,(H,17,18). The van der Waals surface area contributed by atoms with Crippen LogP contribution in [0.1, 0.15) is 33.5 Å². The first-order valence-corrected chi connectivity index (χ1v) is 7.18. The van der Waals surface area contributed by atoms with Crippen LogP contribution >= 0.6 is 11.3 Å². The van der Waals surface area contributed by atoms with E-state index in [1.54, 1.807) is 12.1 Å². The molecule has 1 atom stereocenters. The smallest absolute Gasteiger partial charge is 0.407 e. The Morgan fingerprint density at radius 2 is 2.05 bits per heavy atom. The fraction of sp³-hybridized carbons (Fsp3) is 0.538. The summed E-state index contributed by atoms with van der Waals surface area (Å²) < 4.78 is 4.63. The molecule has 0 aliphatic carbocycles. The molecule has 0 radical (unpaired) electrons. The van der Waals surface area contributed by atoms with E-state index in [1.807, 2.05) is 0 Å². The summed E-state index contributed by atoms with van der Waals surface area (Å²) in [6.07, 6.45) is -0.325. The van der Waals surface area contributed by atoms with E-state index in [0.717, 1.165) is 4.88 Å². The second-order valence-electron chi connectivity index (χ2n) is 4.75. The molecular formula is C13H17NO5S. The lowest BCUT2D eigenvalue weighted by Gasteiger charge is -2.32. The molecule has 2 heterocycles. The van der Waals surface area contributed by atoms with E-state index < -0.39 is 18.2 Å². The number of nitrogens with zero attached hydrogens (tertiary/aromatic N) is 1. The number of methoxy groups -OCH3 is 1. The zero-order valence-corrected chi connectivity index (χ0v) is 11.9. The minimum Gasteiger partial charge on any atom is -0.465 e. The van der Waals surface area contributed by atoms with E-state index in [1.165, 1.54) is 23.3 Å². The third kappa shape index (κ3) is 3.10. The minimum absolute atomic E-state index is 0.0229. The molecule has 2 rings (SSSR count). The number of carbonyl (C=O) groups is 2. The van der Waals surface area contributed by atoms with Crippen LogP contribution in [0.2, 0.25) is 0 Å². The van der Waals surface area contributed by atoms with Gasteiger partial charge in [-0.15, -0.1) is 11.3 Å². The van der Waals surface area contributed by atoms with E-state index in [9.17, 15) is 14.7 Å². The highest BCUT2D eigenvalue weighted by atomic mass is 32.1. The fourth-order valence-corrected chi connectivity index (χ4v) is 3.37. The van der Waals surface area contributed by atoms with Crippen LogP contribution in [0.3, 0.4) is 0 Å². The number of rotatable bonds is 3. The summed E-state index contributed by atoms with van der Waals surface area (Å²) in [4.78, 5) is 24.7. The van der Waals surface area contributed by atoms with E-state index in [0.29, 0.717) is 30.8 Å². The molecule has 20 heavy (non-hydrogen) atoms. The lowest BCUT2D eigenvalue weighted by molar-refractivity contribution is 0.0593. The highest BCUT2D eigenvalue weighted by Crippen LogP contribution is 2.34. The van der Waals surface area contributed by atoms with Crippen LogP contribution in [0.5, 0.6) is 0 Å². The number of piperidine rings is 1. The third-order valence-corrected chi connectivity index (χ3v) is 4.70. The van der Waals surface area contributed by atoms with Crippen molar-refractivity contribution in [2.45, 2.75) is 18.9 Å². The lowest BCUT2D eigenvalue weighted by Crippen LogP contribution is -2.38. The van der Waals surface area contributed by atoms with Gasteiger partial charge in [-0.3, -0.25) is 0 Å². The van der Waals surface area contributed by atoms with Gasteiger partial charge in [-0.1, -0.05) is 0 Å². The third-order valence-electron chi connectivity index (χ3n) is 3.56. The Balaban J connectivity index is 1.98. The van der Waals surface area contributed by atoms with Crippen molar-refractivity contribution in [3.63, 3.8) is 0 Å².